The molecule has 2 atom stereocenters. The molecular weight excluding hydrogens is 392 g/mol. The van der Waals surface area contributed by atoms with Crippen LogP contribution < -0.4 is 21.3 Å². The van der Waals surface area contributed by atoms with Gasteiger partial charge in [-0.3, -0.25) is 4.79 Å². The summed E-state index contributed by atoms with van der Waals surface area (Å²) in [5.41, 5.74) is 6.41. The summed E-state index contributed by atoms with van der Waals surface area (Å²) >= 11 is 1.27. The highest BCUT2D eigenvalue weighted by molar-refractivity contribution is 7.10. The first-order chi connectivity index (χ1) is 13.8. The summed E-state index contributed by atoms with van der Waals surface area (Å²) in [4.78, 5) is 36.4. The molecule has 10 nitrogen and oxygen atoms in total. The Balaban J connectivity index is 1.86. The molecule has 3 amide bonds. The zero-order valence-corrected chi connectivity index (χ0v) is 17.8. The molecule has 4 N–H and O–H groups in total. The number of aromatic nitrogens is 3. The number of nitrogens with one attached hydrogen (secondary N) is 2. The Labute approximate surface area is 173 Å². The molecule has 0 saturated carbocycles. The lowest BCUT2D eigenvalue weighted by Crippen LogP contribution is -2.56. The fraction of sp³-hybridized carbons (Fsp3) is 0.500. The Morgan fingerprint density at radius 1 is 1.38 bits per heavy atom. The molecule has 0 spiro atoms. The van der Waals surface area contributed by atoms with Gasteiger partial charge in [-0.15, -0.1) is 0 Å². The summed E-state index contributed by atoms with van der Waals surface area (Å²) in [6.45, 7) is 4.71. The fourth-order valence-corrected chi connectivity index (χ4v) is 3.93. The molecule has 0 radical (unpaired) electrons. The monoisotopic (exact) mass is 418 g/mol. The van der Waals surface area contributed by atoms with Gasteiger partial charge in [-0.25, -0.2) is 14.8 Å². The van der Waals surface area contributed by atoms with Crippen LogP contribution in [0.2, 0.25) is 0 Å². The minimum atomic E-state index is -0.657. The van der Waals surface area contributed by atoms with Gasteiger partial charge in [-0.2, -0.15) is 4.37 Å². The topological polar surface area (TPSA) is 129 Å². The first kappa shape index (κ1) is 20.8. The molecule has 156 valence electrons. The smallest absolute Gasteiger partial charge is 0.317 e. The predicted molar refractivity (Wildman–Crippen MR) is 113 cm³/mol. The summed E-state index contributed by atoms with van der Waals surface area (Å²) < 4.78 is 4.22. The Kier molecular flexibility index (Phi) is 6.16. The van der Waals surface area contributed by atoms with E-state index in [9.17, 15) is 9.59 Å². The van der Waals surface area contributed by atoms with Crippen LogP contribution in [0.4, 0.5) is 21.4 Å². The van der Waals surface area contributed by atoms with E-state index in [1.165, 1.54) is 16.4 Å². The van der Waals surface area contributed by atoms with E-state index in [2.05, 4.69) is 29.9 Å². The van der Waals surface area contributed by atoms with E-state index >= 15 is 0 Å². The van der Waals surface area contributed by atoms with Crippen LogP contribution in [-0.4, -0.2) is 63.9 Å². The van der Waals surface area contributed by atoms with Crippen molar-refractivity contribution >= 4 is 40.1 Å². The van der Waals surface area contributed by atoms with Crippen LogP contribution in [0.15, 0.2) is 12.3 Å². The zero-order valence-electron chi connectivity index (χ0n) is 17.0. The Morgan fingerprint density at radius 2 is 2.14 bits per heavy atom. The quantitative estimate of drug-likeness (QED) is 0.674. The first-order valence-corrected chi connectivity index (χ1v) is 10.1. The number of piperidine rings is 1. The molecule has 1 aliphatic heterocycles. The lowest BCUT2D eigenvalue weighted by molar-refractivity contribution is 0.0996. The summed E-state index contributed by atoms with van der Waals surface area (Å²) in [5, 5.41) is 6.91. The van der Waals surface area contributed by atoms with Crippen molar-refractivity contribution in [1.29, 1.82) is 0 Å². The molecule has 1 fully saturated rings. The van der Waals surface area contributed by atoms with Gasteiger partial charge in [-0.05, 0) is 44.3 Å². The number of hydrogen-bond donors (Lipinski definition) is 3. The van der Waals surface area contributed by atoms with Gasteiger partial charge in [0, 0.05) is 26.7 Å². The van der Waals surface area contributed by atoms with Crippen LogP contribution in [-0.2, 0) is 0 Å². The van der Waals surface area contributed by atoms with Gasteiger partial charge in [0.1, 0.15) is 10.8 Å². The highest BCUT2D eigenvalue weighted by Crippen LogP contribution is 2.27. The third-order valence-corrected chi connectivity index (χ3v) is 5.66. The number of anilines is 3. The van der Waals surface area contributed by atoms with Crippen molar-refractivity contribution in [3.8, 4) is 0 Å². The normalized spacial score (nSPS) is 19.0. The standard InChI is InChI=1S/C18H26N8O2S/c1-10-8-14(29-24-10)23-17-15(16(19)27)20-9-13(22-17)26-7-5-6-12(11(26)2)21-18(28)25(3)4/h8-9,11-12H,5-7H2,1-4H3,(H2,19,27)(H,21,28)(H,22,23). The summed E-state index contributed by atoms with van der Waals surface area (Å²) in [6, 6.07) is 1.73. The predicted octanol–water partition coefficient (Wildman–Crippen LogP) is 1.71. The Bertz CT molecular complexity index is 900. The maximum absolute atomic E-state index is 12.1. The molecule has 2 unspecified atom stereocenters. The van der Waals surface area contributed by atoms with Gasteiger partial charge in [0.25, 0.3) is 5.91 Å². The lowest BCUT2D eigenvalue weighted by Gasteiger charge is -2.40. The number of aryl methyl sites for hydroxylation is 1. The van der Waals surface area contributed by atoms with Gasteiger partial charge < -0.3 is 26.2 Å². The van der Waals surface area contributed by atoms with Crippen LogP contribution in [0.1, 0.15) is 35.9 Å². The second-order valence-corrected chi connectivity index (χ2v) is 8.08. The van der Waals surface area contributed by atoms with E-state index in [1.807, 2.05) is 19.9 Å². The van der Waals surface area contributed by atoms with Gasteiger partial charge in [-0.1, -0.05) is 0 Å². The molecular formula is C18H26N8O2S. The highest BCUT2D eigenvalue weighted by Gasteiger charge is 2.31. The molecule has 1 saturated heterocycles. The molecule has 0 aromatic carbocycles. The third kappa shape index (κ3) is 4.73. The number of primary amides is 1. The van der Waals surface area contributed by atoms with Crippen molar-refractivity contribution in [2.75, 3.05) is 30.9 Å². The molecule has 0 bridgehead atoms. The van der Waals surface area contributed by atoms with E-state index in [0.717, 1.165) is 30.1 Å². The minimum Gasteiger partial charge on any atom is -0.364 e. The number of nitrogens with two attached hydrogens (primary N) is 1. The van der Waals surface area contributed by atoms with Crippen LogP contribution in [0.5, 0.6) is 0 Å². The number of rotatable bonds is 5. The number of amides is 3. The van der Waals surface area contributed by atoms with E-state index in [0.29, 0.717) is 11.6 Å². The van der Waals surface area contributed by atoms with Crippen LogP contribution in [0.25, 0.3) is 0 Å². The molecule has 2 aromatic rings. The van der Waals surface area contributed by atoms with Crippen molar-refractivity contribution in [2.45, 2.75) is 38.8 Å². The zero-order chi connectivity index (χ0) is 21.1. The molecule has 11 heteroatoms. The molecule has 2 aromatic heterocycles. The largest absolute Gasteiger partial charge is 0.364 e. The van der Waals surface area contributed by atoms with Crippen molar-refractivity contribution in [2.24, 2.45) is 5.73 Å². The fourth-order valence-electron chi connectivity index (χ4n) is 3.27. The number of urea groups is 1. The van der Waals surface area contributed by atoms with Gasteiger partial charge in [0.05, 0.1) is 17.9 Å². The van der Waals surface area contributed by atoms with Gasteiger partial charge >= 0.3 is 6.03 Å². The van der Waals surface area contributed by atoms with E-state index in [1.54, 1.807) is 20.3 Å². The van der Waals surface area contributed by atoms with Crippen LogP contribution in [0.3, 0.4) is 0 Å². The summed E-state index contributed by atoms with van der Waals surface area (Å²) in [7, 11) is 3.43. The molecule has 0 aliphatic carbocycles. The number of carbonyl (C=O) groups excluding carboxylic acids is 2. The Morgan fingerprint density at radius 3 is 2.76 bits per heavy atom. The SMILES string of the molecule is Cc1cc(Nc2nc(N3CCCC(NC(=O)N(C)C)C3C)cnc2C(N)=O)sn1. The van der Waals surface area contributed by atoms with Crippen LogP contribution in [0, 0.1) is 6.92 Å². The highest BCUT2D eigenvalue weighted by atomic mass is 32.1. The number of carbonyl (C=O) groups is 2. The molecule has 3 rings (SSSR count). The number of hydrogen-bond acceptors (Lipinski definition) is 8. The average molecular weight is 419 g/mol. The second kappa shape index (κ2) is 8.60. The van der Waals surface area contributed by atoms with E-state index < -0.39 is 5.91 Å². The van der Waals surface area contributed by atoms with Crippen molar-refractivity contribution < 1.29 is 9.59 Å². The Hall–Kier alpha value is -2.95. The molecule has 1 aliphatic rings. The average Bonchev–Trinajstić information content (AvgIpc) is 3.07. The lowest BCUT2D eigenvalue weighted by atomic mass is 9.97. The van der Waals surface area contributed by atoms with Gasteiger partial charge in [0.15, 0.2) is 11.5 Å². The number of nitrogens with zero attached hydrogens (tertiary/aromatic N) is 5. The van der Waals surface area contributed by atoms with Crippen LogP contribution >= 0.6 is 11.5 Å². The van der Waals surface area contributed by atoms with E-state index in [-0.39, 0.29) is 23.8 Å². The minimum absolute atomic E-state index is 0.0138. The summed E-state index contributed by atoms with van der Waals surface area (Å²) in [5.74, 6) is 0.260. The molecule has 29 heavy (non-hydrogen) atoms. The third-order valence-electron chi connectivity index (χ3n) is 4.86. The maximum Gasteiger partial charge on any atom is 0.317 e. The van der Waals surface area contributed by atoms with Crippen molar-refractivity contribution in [3.63, 3.8) is 0 Å². The summed E-state index contributed by atoms with van der Waals surface area (Å²) in [6.07, 6.45) is 3.34. The van der Waals surface area contributed by atoms with E-state index in [4.69, 9.17) is 5.73 Å². The van der Waals surface area contributed by atoms with Crippen molar-refractivity contribution in [1.82, 2.24) is 24.6 Å². The van der Waals surface area contributed by atoms with Gasteiger partial charge in [0.2, 0.25) is 0 Å². The first-order valence-electron chi connectivity index (χ1n) is 9.38. The maximum atomic E-state index is 12.1. The molecule has 3 heterocycles. The second-order valence-electron chi connectivity index (χ2n) is 7.27. The van der Waals surface area contributed by atoms with Crippen molar-refractivity contribution in [3.05, 3.63) is 23.7 Å².